The first-order chi connectivity index (χ1) is 15.4. The Bertz CT molecular complexity index is 1150. The smallest absolute Gasteiger partial charge is 0.255 e. The first-order valence-corrected chi connectivity index (χ1v) is 10.7. The topological polar surface area (TPSA) is 86.8 Å². The molecule has 32 heavy (non-hydrogen) atoms. The molecule has 5 rings (SSSR count). The van der Waals surface area contributed by atoms with Crippen LogP contribution in [0.4, 0.5) is 4.39 Å². The van der Waals surface area contributed by atoms with Gasteiger partial charge in [0.15, 0.2) is 0 Å². The summed E-state index contributed by atoms with van der Waals surface area (Å²) in [6.45, 7) is 1.33. The molecule has 3 heterocycles. The molecule has 2 fully saturated rings. The van der Waals surface area contributed by atoms with E-state index in [-0.39, 0.29) is 42.4 Å². The molecular formula is C24H22FN3O4. The van der Waals surface area contributed by atoms with E-state index in [2.05, 4.69) is 5.32 Å². The fraction of sp³-hybridized carbons (Fsp3) is 0.333. The Morgan fingerprint density at radius 2 is 1.91 bits per heavy atom. The van der Waals surface area contributed by atoms with E-state index in [1.807, 2.05) is 6.07 Å². The van der Waals surface area contributed by atoms with Crippen LogP contribution in [0.25, 0.3) is 0 Å². The van der Waals surface area contributed by atoms with Crippen LogP contribution in [0.5, 0.6) is 0 Å². The van der Waals surface area contributed by atoms with Gasteiger partial charge in [-0.25, -0.2) is 4.39 Å². The quantitative estimate of drug-likeness (QED) is 0.749. The van der Waals surface area contributed by atoms with Gasteiger partial charge < -0.3 is 9.80 Å². The molecule has 3 aliphatic rings. The SMILES string of the molecule is O=C1CCC(N2Cc3cc(C(=O)N4CC[C@@H](c5cccc(F)c5)C4)ccc3C2=O)C(=O)N1. The summed E-state index contributed by atoms with van der Waals surface area (Å²) in [5.74, 6) is -1.37. The largest absolute Gasteiger partial charge is 0.338 e. The summed E-state index contributed by atoms with van der Waals surface area (Å²) in [6.07, 6.45) is 1.26. The van der Waals surface area contributed by atoms with Crippen molar-refractivity contribution in [2.75, 3.05) is 13.1 Å². The minimum Gasteiger partial charge on any atom is -0.338 e. The number of rotatable bonds is 3. The van der Waals surface area contributed by atoms with Crippen LogP contribution in [0.15, 0.2) is 42.5 Å². The monoisotopic (exact) mass is 435 g/mol. The number of benzene rings is 2. The molecule has 7 nitrogen and oxygen atoms in total. The number of likely N-dealkylation sites (tertiary alicyclic amines) is 1. The average Bonchev–Trinajstić information content (AvgIpc) is 3.39. The maximum atomic E-state index is 13.6. The first kappa shape index (κ1) is 20.4. The lowest BCUT2D eigenvalue weighted by Crippen LogP contribution is -2.52. The van der Waals surface area contributed by atoms with Gasteiger partial charge in [-0.1, -0.05) is 12.1 Å². The summed E-state index contributed by atoms with van der Waals surface area (Å²) in [7, 11) is 0. The Hall–Kier alpha value is -3.55. The molecule has 0 aliphatic carbocycles. The maximum absolute atomic E-state index is 13.6. The molecule has 2 atom stereocenters. The molecule has 3 aliphatic heterocycles. The Labute approximate surface area is 184 Å². The molecule has 2 saturated heterocycles. The van der Waals surface area contributed by atoms with Gasteiger partial charge in [-0.15, -0.1) is 0 Å². The second-order valence-electron chi connectivity index (χ2n) is 8.56. The third kappa shape index (κ3) is 3.55. The second-order valence-corrected chi connectivity index (χ2v) is 8.56. The van der Waals surface area contributed by atoms with E-state index in [4.69, 9.17) is 0 Å². The zero-order valence-corrected chi connectivity index (χ0v) is 17.3. The van der Waals surface area contributed by atoms with Crippen molar-refractivity contribution < 1.29 is 23.6 Å². The van der Waals surface area contributed by atoms with Crippen LogP contribution in [-0.2, 0) is 16.1 Å². The number of nitrogens with zero attached hydrogens (tertiary/aromatic N) is 2. The van der Waals surface area contributed by atoms with Gasteiger partial charge in [-0.3, -0.25) is 24.5 Å². The Morgan fingerprint density at radius 3 is 2.69 bits per heavy atom. The molecule has 164 valence electrons. The van der Waals surface area contributed by atoms with Gasteiger partial charge in [0.05, 0.1) is 0 Å². The fourth-order valence-corrected chi connectivity index (χ4v) is 4.87. The molecule has 1 unspecified atom stereocenters. The van der Waals surface area contributed by atoms with Crippen LogP contribution >= 0.6 is 0 Å². The number of carbonyl (C=O) groups is 4. The van der Waals surface area contributed by atoms with Crippen molar-refractivity contribution >= 4 is 23.6 Å². The lowest BCUT2D eigenvalue weighted by atomic mass is 9.98. The van der Waals surface area contributed by atoms with E-state index < -0.39 is 11.9 Å². The predicted molar refractivity (Wildman–Crippen MR) is 112 cm³/mol. The summed E-state index contributed by atoms with van der Waals surface area (Å²) in [5.41, 5.74) is 2.55. The minimum absolute atomic E-state index is 0.0914. The molecule has 2 aromatic rings. The predicted octanol–water partition coefficient (Wildman–Crippen LogP) is 2.22. The van der Waals surface area contributed by atoms with Crippen LogP contribution in [0.1, 0.15) is 57.0 Å². The summed E-state index contributed by atoms with van der Waals surface area (Å²) in [4.78, 5) is 52.8. The highest BCUT2D eigenvalue weighted by Gasteiger charge is 2.39. The normalized spacial score (nSPS) is 22.8. The highest BCUT2D eigenvalue weighted by Crippen LogP contribution is 2.31. The summed E-state index contributed by atoms with van der Waals surface area (Å²) in [6, 6.07) is 10.8. The van der Waals surface area contributed by atoms with Crippen LogP contribution in [0, 0.1) is 5.82 Å². The van der Waals surface area contributed by atoms with Crippen molar-refractivity contribution in [3.05, 3.63) is 70.5 Å². The zero-order chi connectivity index (χ0) is 22.4. The number of amides is 4. The molecule has 0 spiro atoms. The van der Waals surface area contributed by atoms with E-state index in [0.717, 1.165) is 12.0 Å². The number of carbonyl (C=O) groups excluding carboxylic acids is 4. The number of hydrogen-bond acceptors (Lipinski definition) is 4. The van der Waals surface area contributed by atoms with Crippen molar-refractivity contribution in [2.45, 2.75) is 37.8 Å². The summed E-state index contributed by atoms with van der Waals surface area (Å²) in [5, 5.41) is 2.29. The van der Waals surface area contributed by atoms with Gasteiger partial charge >= 0.3 is 0 Å². The van der Waals surface area contributed by atoms with Crippen LogP contribution < -0.4 is 5.32 Å². The molecule has 8 heteroatoms. The fourth-order valence-electron chi connectivity index (χ4n) is 4.87. The summed E-state index contributed by atoms with van der Waals surface area (Å²) >= 11 is 0. The van der Waals surface area contributed by atoms with Crippen LogP contribution in [0.3, 0.4) is 0 Å². The number of halogens is 1. The first-order valence-electron chi connectivity index (χ1n) is 10.7. The van der Waals surface area contributed by atoms with Crippen molar-refractivity contribution in [1.29, 1.82) is 0 Å². The summed E-state index contributed by atoms with van der Waals surface area (Å²) < 4.78 is 13.6. The Balaban J connectivity index is 1.30. The molecule has 0 bridgehead atoms. The van der Waals surface area contributed by atoms with Crippen LogP contribution in [-0.4, -0.2) is 52.6 Å². The van der Waals surface area contributed by atoms with Gasteiger partial charge in [0.25, 0.3) is 11.8 Å². The number of piperidine rings is 1. The molecule has 1 N–H and O–H groups in total. The highest BCUT2D eigenvalue weighted by atomic mass is 19.1. The zero-order valence-electron chi connectivity index (χ0n) is 17.3. The molecule has 0 radical (unpaired) electrons. The lowest BCUT2D eigenvalue weighted by Gasteiger charge is -2.29. The average molecular weight is 435 g/mol. The van der Waals surface area contributed by atoms with Crippen molar-refractivity contribution in [3.63, 3.8) is 0 Å². The lowest BCUT2D eigenvalue weighted by molar-refractivity contribution is -0.136. The highest BCUT2D eigenvalue weighted by molar-refractivity contribution is 6.06. The van der Waals surface area contributed by atoms with E-state index in [9.17, 15) is 23.6 Å². The second kappa shape index (κ2) is 7.85. The van der Waals surface area contributed by atoms with Crippen LogP contribution in [0.2, 0.25) is 0 Å². The minimum atomic E-state index is -0.683. The standard InChI is InChI=1S/C24H22FN3O4/c25-18-3-1-2-14(11-18)16-8-9-27(12-16)23(31)15-4-5-19-17(10-15)13-28(24(19)32)20-6-7-21(29)26-22(20)30/h1-5,10-11,16,20H,6-9,12-13H2,(H,26,29,30)/t16-,20?/m1/s1. The molecular weight excluding hydrogens is 413 g/mol. The molecule has 4 amide bonds. The third-order valence-electron chi connectivity index (χ3n) is 6.57. The maximum Gasteiger partial charge on any atom is 0.255 e. The van der Waals surface area contributed by atoms with Crippen molar-refractivity contribution in [3.8, 4) is 0 Å². The number of hydrogen-bond donors (Lipinski definition) is 1. The van der Waals surface area contributed by atoms with E-state index >= 15 is 0 Å². The van der Waals surface area contributed by atoms with Crippen molar-refractivity contribution in [2.24, 2.45) is 0 Å². The molecule has 0 saturated carbocycles. The van der Waals surface area contributed by atoms with E-state index in [0.29, 0.717) is 36.2 Å². The Morgan fingerprint density at radius 1 is 1.06 bits per heavy atom. The molecule has 0 aromatic heterocycles. The van der Waals surface area contributed by atoms with Gasteiger partial charge in [0.1, 0.15) is 11.9 Å². The van der Waals surface area contributed by atoms with Crippen molar-refractivity contribution in [1.82, 2.24) is 15.1 Å². The van der Waals surface area contributed by atoms with Gasteiger partial charge in [-0.2, -0.15) is 0 Å². The third-order valence-corrected chi connectivity index (χ3v) is 6.57. The number of fused-ring (bicyclic) bond motifs is 1. The molecule has 2 aromatic carbocycles. The van der Waals surface area contributed by atoms with Gasteiger partial charge in [0, 0.05) is 43.1 Å². The van der Waals surface area contributed by atoms with Gasteiger partial charge in [0.2, 0.25) is 11.8 Å². The number of imide groups is 1. The number of nitrogens with one attached hydrogen (secondary N) is 1. The van der Waals surface area contributed by atoms with Gasteiger partial charge in [-0.05, 0) is 54.3 Å². The van der Waals surface area contributed by atoms with E-state index in [1.54, 1.807) is 29.2 Å². The van der Waals surface area contributed by atoms with E-state index in [1.165, 1.54) is 17.0 Å². The Kier molecular flexibility index (Phi) is 5.00.